The molecule has 1 aromatic carbocycles. The molecule has 1 atom stereocenters. The number of carbonyl (C=O) groups excluding carboxylic acids is 1. The Kier molecular flexibility index (Phi) is 7.33. The number of nitriles is 1. The van der Waals surface area contributed by atoms with Crippen LogP contribution in [0.5, 0.6) is 0 Å². The van der Waals surface area contributed by atoms with E-state index in [1.165, 1.54) is 11.8 Å². The third kappa shape index (κ3) is 6.32. The Morgan fingerprint density at radius 1 is 1.43 bits per heavy atom. The van der Waals surface area contributed by atoms with Crippen LogP contribution < -0.4 is 5.32 Å². The minimum absolute atomic E-state index is 0.0918. The van der Waals surface area contributed by atoms with Crippen molar-refractivity contribution >= 4 is 23.6 Å². The molecule has 0 aliphatic rings. The van der Waals surface area contributed by atoms with Crippen molar-refractivity contribution in [2.45, 2.75) is 37.1 Å². The van der Waals surface area contributed by atoms with Gasteiger partial charge in [0.2, 0.25) is 0 Å². The summed E-state index contributed by atoms with van der Waals surface area (Å²) in [5.74, 6) is -0.732. The van der Waals surface area contributed by atoms with Crippen molar-refractivity contribution in [3.8, 4) is 6.07 Å². The first-order chi connectivity index (χ1) is 10.0. The lowest BCUT2D eigenvalue weighted by Crippen LogP contribution is -2.32. The second-order valence-corrected chi connectivity index (χ2v) is 5.62. The van der Waals surface area contributed by atoms with Gasteiger partial charge in [-0.15, -0.1) is 11.8 Å². The van der Waals surface area contributed by atoms with Gasteiger partial charge in [0, 0.05) is 17.4 Å². The van der Waals surface area contributed by atoms with E-state index in [4.69, 9.17) is 10.4 Å². The number of nitrogens with one attached hydrogen (secondary N) is 1. The Hall–Kier alpha value is -2.00. The van der Waals surface area contributed by atoms with E-state index in [9.17, 15) is 9.59 Å². The van der Waals surface area contributed by atoms with E-state index in [0.29, 0.717) is 24.2 Å². The minimum Gasteiger partial charge on any atom is -0.481 e. The fourth-order valence-corrected chi connectivity index (χ4v) is 2.53. The molecule has 1 aromatic rings. The van der Waals surface area contributed by atoms with Crippen molar-refractivity contribution in [3.63, 3.8) is 0 Å². The van der Waals surface area contributed by atoms with Crippen LogP contribution in [0.3, 0.4) is 0 Å². The number of hydrogen-bond donors (Lipinski definition) is 2. The molecular weight excluding hydrogens is 288 g/mol. The Bertz CT molecular complexity index is 540. The van der Waals surface area contributed by atoms with Gasteiger partial charge in [-0.3, -0.25) is 9.59 Å². The van der Waals surface area contributed by atoms with Crippen LogP contribution >= 0.6 is 11.8 Å². The molecule has 5 nitrogen and oxygen atoms in total. The van der Waals surface area contributed by atoms with Crippen LogP contribution in [0.15, 0.2) is 29.2 Å². The molecule has 6 heteroatoms. The van der Waals surface area contributed by atoms with E-state index in [1.54, 1.807) is 12.1 Å². The van der Waals surface area contributed by atoms with E-state index < -0.39 is 5.97 Å². The summed E-state index contributed by atoms with van der Waals surface area (Å²) in [6.45, 7) is 1.85. The molecule has 0 bridgehead atoms. The Labute approximate surface area is 128 Å². The number of aliphatic carboxylic acids is 1. The van der Waals surface area contributed by atoms with Gasteiger partial charge in [0.1, 0.15) is 0 Å². The molecule has 0 spiro atoms. The molecule has 112 valence electrons. The van der Waals surface area contributed by atoms with Gasteiger partial charge >= 0.3 is 5.97 Å². The fourth-order valence-electron chi connectivity index (χ4n) is 1.82. The van der Waals surface area contributed by atoms with Gasteiger partial charge in [0.05, 0.1) is 17.4 Å². The fraction of sp³-hybridized carbons (Fsp3) is 0.400. The molecule has 1 rings (SSSR count). The van der Waals surface area contributed by atoms with Crippen molar-refractivity contribution in [1.29, 1.82) is 5.26 Å². The topological polar surface area (TPSA) is 90.2 Å². The number of rotatable bonds is 8. The van der Waals surface area contributed by atoms with E-state index in [2.05, 4.69) is 5.32 Å². The highest BCUT2D eigenvalue weighted by Crippen LogP contribution is 2.22. The molecule has 0 aromatic heterocycles. The van der Waals surface area contributed by atoms with Crippen LogP contribution in [0.2, 0.25) is 0 Å². The van der Waals surface area contributed by atoms with Crippen molar-refractivity contribution in [2.24, 2.45) is 0 Å². The zero-order valence-corrected chi connectivity index (χ0v) is 12.7. The largest absolute Gasteiger partial charge is 0.481 e. The molecular formula is C15H18N2O3S. The van der Waals surface area contributed by atoms with Crippen LogP contribution in [-0.4, -0.2) is 28.8 Å². The van der Waals surface area contributed by atoms with Gasteiger partial charge in [0.25, 0.3) is 5.91 Å². The summed E-state index contributed by atoms with van der Waals surface area (Å²) in [6, 6.07) is 9.08. The first-order valence-corrected chi connectivity index (χ1v) is 7.64. The summed E-state index contributed by atoms with van der Waals surface area (Å²) in [7, 11) is 0. The van der Waals surface area contributed by atoms with Gasteiger partial charge in [-0.1, -0.05) is 12.1 Å². The standard InChI is InChI=1S/C15H18N2O3S/c1-11(5-4-8-14(18)19)17-15(20)12-6-2-3-7-13(12)21-10-9-16/h2-3,6-7,11H,4-5,8,10H2,1H3,(H,17,20)(H,18,19). The summed E-state index contributed by atoms with van der Waals surface area (Å²) in [5.41, 5.74) is 0.544. The zero-order chi connectivity index (χ0) is 15.7. The van der Waals surface area contributed by atoms with Crippen molar-refractivity contribution < 1.29 is 14.7 Å². The van der Waals surface area contributed by atoms with Crippen LogP contribution in [-0.2, 0) is 4.79 Å². The lowest BCUT2D eigenvalue weighted by Gasteiger charge is -2.14. The number of carbonyl (C=O) groups is 2. The smallest absolute Gasteiger partial charge is 0.303 e. The van der Waals surface area contributed by atoms with E-state index in [-0.39, 0.29) is 18.4 Å². The predicted octanol–water partition coefficient (Wildman–Crippen LogP) is 2.68. The summed E-state index contributed by atoms with van der Waals surface area (Å²) >= 11 is 1.32. The third-order valence-corrected chi connectivity index (χ3v) is 3.77. The molecule has 0 radical (unpaired) electrons. The van der Waals surface area contributed by atoms with E-state index >= 15 is 0 Å². The van der Waals surface area contributed by atoms with Crippen molar-refractivity contribution in [2.75, 3.05) is 5.75 Å². The molecule has 2 N–H and O–H groups in total. The van der Waals surface area contributed by atoms with Crippen molar-refractivity contribution in [1.82, 2.24) is 5.32 Å². The number of benzene rings is 1. The number of carboxylic acids is 1. The highest BCUT2D eigenvalue weighted by molar-refractivity contribution is 7.99. The van der Waals surface area contributed by atoms with Crippen molar-refractivity contribution in [3.05, 3.63) is 29.8 Å². The number of amides is 1. The minimum atomic E-state index is -0.827. The molecule has 21 heavy (non-hydrogen) atoms. The first-order valence-electron chi connectivity index (χ1n) is 6.66. The quantitative estimate of drug-likeness (QED) is 0.721. The SMILES string of the molecule is CC(CCCC(=O)O)NC(=O)c1ccccc1SCC#N. The normalized spacial score (nSPS) is 11.4. The summed E-state index contributed by atoms with van der Waals surface area (Å²) in [6.07, 6.45) is 1.25. The number of hydrogen-bond acceptors (Lipinski definition) is 4. The summed E-state index contributed by atoms with van der Waals surface area (Å²) < 4.78 is 0. The number of nitrogens with zero attached hydrogens (tertiary/aromatic N) is 1. The molecule has 1 amide bonds. The maximum atomic E-state index is 12.2. The summed E-state index contributed by atoms with van der Waals surface area (Å²) in [4.78, 5) is 23.4. The molecule has 0 saturated heterocycles. The molecule has 0 heterocycles. The number of carboxylic acid groups (broad SMARTS) is 1. The monoisotopic (exact) mass is 306 g/mol. The molecule has 0 aliphatic heterocycles. The van der Waals surface area contributed by atoms with Gasteiger partial charge in [-0.2, -0.15) is 5.26 Å². The average Bonchev–Trinajstić information content (AvgIpc) is 2.44. The highest BCUT2D eigenvalue weighted by atomic mass is 32.2. The van der Waals surface area contributed by atoms with Gasteiger partial charge in [0.15, 0.2) is 0 Å². The van der Waals surface area contributed by atoms with Crippen LogP contribution in [0.1, 0.15) is 36.5 Å². The third-order valence-electron chi connectivity index (χ3n) is 2.83. The molecule has 0 aliphatic carbocycles. The lowest BCUT2D eigenvalue weighted by molar-refractivity contribution is -0.137. The van der Waals surface area contributed by atoms with E-state index in [0.717, 1.165) is 4.90 Å². The van der Waals surface area contributed by atoms with Gasteiger partial charge < -0.3 is 10.4 Å². The molecule has 1 unspecified atom stereocenters. The average molecular weight is 306 g/mol. The Morgan fingerprint density at radius 2 is 2.14 bits per heavy atom. The van der Waals surface area contributed by atoms with Gasteiger partial charge in [-0.05, 0) is 31.9 Å². The summed E-state index contributed by atoms with van der Waals surface area (Å²) in [5, 5.41) is 20.1. The molecule has 0 saturated carbocycles. The van der Waals surface area contributed by atoms with Gasteiger partial charge in [-0.25, -0.2) is 0 Å². The maximum Gasteiger partial charge on any atom is 0.303 e. The van der Waals surface area contributed by atoms with E-state index in [1.807, 2.05) is 25.1 Å². The lowest BCUT2D eigenvalue weighted by atomic mass is 10.1. The highest BCUT2D eigenvalue weighted by Gasteiger charge is 2.14. The predicted molar refractivity (Wildman–Crippen MR) is 81.2 cm³/mol. The molecule has 0 fully saturated rings. The Morgan fingerprint density at radius 3 is 2.81 bits per heavy atom. The van der Waals surface area contributed by atoms with Crippen LogP contribution in [0.25, 0.3) is 0 Å². The zero-order valence-electron chi connectivity index (χ0n) is 11.8. The van der Waals surface area contributed by atoms with Crippen LogP contribution in [0, 0.1) is 11.3 Å². The Balaban J connectivity index is 2.58. The first kappa shape index (κ1) is 17.1. The second-order valence-electron chi connectivity index (χ2n) is 4.60. The maximum absolute atomic E-state index is 12.2. The van der Waals surface area contributed by atoms with Crippen LogP contribution in [0.4, 0.5) is 0 Å². The second kappa shape index (κ2) is 9.03. The number of thioether (sulfide) groups is 1.